The third-order valence-electron chi connectivity index (χ3n) is 5.17. The quantitative estimate of drug-likeness (QED) is 0.304. The van der Waals surface area contributed by atoms with E-state index >= 15 is 0 Å². The molecule has 2 N–H and O–H groups in total. The zero-order chi connectivity index (χ0) is 23.5. The smallest absolute Gasteiger partial charge is 0.339 e. The molecule has 0 saturated carbocycles. The van der Waals surface area contributed by atoms with Crippen molar-refractivity contribution in [2.45, 2.75) is 20.3 Å². The van der Waals surface area contributed by atoms with Gasteiger partial charge < -0.3 is 19.6 Å². The van der Waals surface area contributed by atoms with Crippen LogP contribution in [-0.4, -0.2) is 34.2 Å². The van der Waals surface area contributed by atoms with Crippen LogP contribution in [0.1, 0.15) is 28.6 Å². The van der Waals surface area contributed by atoms with E-state index < -0.39 is 5.97 Å². The highest BCUT2D eigenvalue weighted by molar-refractivity contribution is 6.38. The SMILES string of the molecule is CCOc1cc(-c2cc(NCCc3c(C)oc4c(Cl)cc(Cl)cc34)ncn2)ccc1C(=O)O. The van der Waals surface area contributed by atoms with E-state index in [9.17, 15) is 9.90 Å². The number of nitrogens with one attached hydrogen (secondary N) is 1. The minimum Gasteiger partial charge on any atom is -0.493 e. The summed E-state index contributed by atoms with van der Waals surface area (Å²) in [7, 11) is 0. The molecule has 7 nitrogen and oxygen atoms in total. The molecule has 0 spiro atoms. The first kappa shape index (κ1) is 22.9. The summed E-state index contributed by atoms with van der Waals surface area (Å²) in [6, 6.07) is 10.2. The Balaban J connectivity index is 1.52. The van der Waals surface area contributed by atoms with Crippen molar-refractivity contribution in [1.82, 2.24) is 9.97 Å². The van der Waals surface area contributed by atoms with E-state index in [2.05, 4.69) is 15.3 Å². The van der Waals surface area contributed by atoms with Gasteiger partial charge in [0.05, 0.1) is 17.3 Å². The normalized spacial score (nSPS) is 11.0. The second-order valence-electron chi connectivity index (χ2n) is 7.32. The number of benzene rings is 2. The maximum Gasteiger partial charge on any atom is 0.339 e. The number of carboxylic acids is 1. The van der Waals surface area contributed by atoms with E-state index in [0.717, 1.165) is 22.3 Å². The number of anilines is 1. The maximum absolute atomic E-state index is 11.4. The summed E-state index contributed by atoms with van der Waals surface area (Å²) in [6.45, 7) is 4.66. The third kappa shape index (κ3) is 4.89. The number of fused-ring (bicyclic) bond motifs is 1. The molecule has 0 aliphatic heterocycles. The van der Waals surface area contributed by atoms with Crippen LogP contribution >= 0.6 is 23.2 Å². The van der Waals surface area contributed by atoms with Gasteiger partial charge in [0.25, 0.3) is 0 Å². The van der Waals surface area contributed by atoms with Gasteiger partial charge in [-0.15, -0.1) is 0 Å². The second-order valence-corrected chi connectivity index (χ2v) is 8.16. The lowest BCUT2D eigenvalue weighted by molar-refractivity contribution is 0.0692. The number of aryl methyl sites for hydroxylation is 1. The first-order valence-corrected chi connectivity index (χ1v) is 11.1. The van der Waals surface area contributed by atoms with Crippen molar-refractivity contribution in [3.05, 3.63) is 69.7 Å². The van der Waals surface area contributed by atoms with Crippen LogP contribution in [0.4, 0.5) is 5.82 Å². The average molecular weight is 486 g/mol. The molecular formula is C24H21Cl2N3O4. The minimum absolute atomic E-state index is 0.107. The minimum atomic E-state index is -1.04. The fourth-order valence-corrected chi connectivity index (χ4v) is 4.20. The highest BCUT2D eigenvalue weighted by Gasteiger charge is 2.15. The zero-order valence-corrected chi connectivity index (χ0v) is 19.5. The van der Waals surface area contributed by atoms with Crippen LogP contribution < -0.4 is 10.1 Å². The van der Waals surface area contributed by atoms with E-state index in [1.54, 1.807) is 31.2 Å². The van der Waals surface area contributed by atoms with Gasteiger partial charge in [0, 0.05) is 34.1 Å². The molecule has 33 heavy (non-hydrogen) atoms. The molecule has 0 unspecified atom stereocenters. The molecule has 0 fully saturated rings. The number of halogens is 2. The van der Waals surface area contributed by atoms with Crippen molar-refractivity contribution in [1.29, 1.82) is 0 Å². The number of carbonyl (C=O) groups is 1. The van der Waals surface area contributed by atoms with E-state index in [1.807, 2.05) is 13.0 Å². The predicted molar refractivity (Wildman–Crippen MR) is 129 cm³/mol. The zero-order valence-electron chi connectivity index (χ0n) is 18.0. The lowest BCUT2D eigenvalue weighted by Gasteiger charge is -2.10. The highest BCUT2D eigenvalue weighted by atomic mass is 35.5. The molecule has 0 amide bonds. The fraction of sp³-hybridized carbons (Fsp3) is 0.208. The predicted octanol–water partition coefficient (Wildman–Crippen LogP) is 6.26. The molecule has 4 rings (SSSR count). The molecule has 0 aliphatic carbocycles. The second kappa shape index (κ2) is 9.68. The molecule has 0 aliphatic rings. The van der Waals surface area contributed by atoms with Gasteiger partial charge in [-0.3, -0.25) is 0 Å². The number of rotatable bonds is 8. The van der Waals surface area contributed by atoms with E-state index in [0.29, 0.717) is 52.5 Å². The van der Waals surface area contributed by atoms with Gasteiger partial charge in [0.1, 0.15) is 29.2 Å². The first-order valence-electron chi connectivity index (χ1n) is 10.3. The van der Waals surface area contributed by atoms with Gasteiger partial charge in [-0.25, -0.2) is 14.8 Å². The van der Waals surface area contributed by atoms with Gasteiger partial charge in [0.2, 0.25) is 0 Å². The van der Waals surface area contributed by atoms with Crippen LogP contribution in [-0.2, 0) is 6.42 Å². The monoisotopic (exact) mass is 485 g/mol. The summed E-state index contributed by atoms with van der Waals surface area (Å²) in [6.07, 6.45) is 2.14. The Morgan fingerprint density at radius 3 is 2.76 bits per heavy atom. The lowest BCUT2D eigenvalue weighted by atomic mass is 10.1. The van der Waals surface area contributed by atoms with Crippen molar-refractivity contribution >= 4 is 46.0 Å². The Bertz CT molecular complexity index is 1340. The third-order valence-corrected chi connectivity index (χ3v) is 5.67. The Morgan fingerprint density at radius 2 is 2.00 bits per heavy atom. The topological polar surface area (TPSA) is 97.5 Å². The van der Waals surface area contributed by atoms with E-state index in [1.165, 1.54) is 12.4 Å². The maximum atomic E-state index is 11.4. The van der Waals surface area contributed by atoms with Crippen LogP contribution in [0.15, 0.2) is 47.1 Å². The summed E-state index contributed by atoms with van der Waals surface area (Å²) >= 11 is 12.4. The Kier molecular flexibility index (Phi) is 6.72. The van der Waals surface area contributed by atoms with Crippen molar-refractivity contribution in [3.8, 4) is 17.0 Å². The highest BCUT2D eigenvalue weighted by Crippen LogP contribution is 2.34. The molecule has 2 heterocycles. The molecule has 4 aromatic rings. The number of ether oxygens (including phenoxy) is 1. The summed E-state index contributed by atoms with van der Waals surface area (Å²) in [4.78, 5) is 20.0. The largest absolute Gasteiger partial charge is 0.493 e. The molecule has 2 aromatic carbocycles. The molecular weight excluding hydrogens is 465 g/mol. The molecule has 170 valence electrons. The number of carboxylic acid groups (broad SMARTS) is 1. The molecule has 0 bridgehead atoms. The Labute approximate surface area is 200 Å². The Morgan fingerprint density at radius 1 is 1.18 bits per heavy atom. The number of hydrogen-bond donors (Lipinski definition) is 2. The van der Waals surface area contributed by atoms with Crippen molar-refractivity contribution < 1.29 is 19.1 Å². The van der Waals surface area contributed by atoms with Gasteiger partial charge in [-0.05, 0) is 44.5 Å². The number of hydrogen-bond acceptors (Lipinski definition) is 6. The summed E-state index contributed by atoms with van der Waals surface area (Å²) < 4.78 is 11.3. The molecule has 0 radical (unpaired) electrons. The average Bonchev–Trinajstić information content (AvgIpc) is 3.10. The van der Waals surface area contributed by atoms with Gasteiger partial charge in [-0.1, -0.05) is 29.3 Å². The number of nitrogens with zero attached hydrogens (tertiary/aromatic N) is 2. The lowest BCUT2D eigenvalue weighted by Crippen LogP contribution is -2.07. The van der Waals surface area contributed by atoms with Gasteiger partial charge in [-0.2, -0.15) is 0 Å². The number of aromatic carboxylic acids is 1. The molecule has 9 heteroatoms. The summed E-state index contributed by atoms with van der Waals surface area (Å²) in [5, 5.41) is 14.6. The van der Waals surface area contributed by atoms with Crippen LogP contribution in [0.5, 0.6) is 5.75 Å². The van der Waals surface area contributed by atoms with Gasteiger partial charge >= 0.3 is 5.97 Å². The van der Waals surface area contributed by atoms with Crippen LogP contribution in [0.2, 0.25) is 10.0 Å². The molecule has 2 aromatic heterocycles. The number of aromatic nitrogens is 2. The summed E-state index contributed by atoms with van der Waals surface area (Å²) in [5.41, 5.74) is 3.15. The molecule has 0 saturated heterocycles. The van der Waals surface area contributed by atoms with Crippen LogP contribution in [0, 0.1) is 6.92 Å². The van der Waals surface area contributed by atoms with Crippen LogP contribution in [0.3, 0.4) is 0 Å². The van der Waals surface area contributed by atoms with Crippen molar-refractivity contribution in [3.63, 3.8) is 0 Å². The van der Waals surface area contributed by atoms with Crippen molar-refractivity contribution in [2.75, 3.05) is 18.5 Å². The molecule has 0 atom stereocenters. The standard InChI is InChI=1S/C24H21Cl2N3O4/c1-3-32-21-8-14(4-5-17(21)24(30)31)20-11-22(29-12-28-20)27-7-6-16-13(2)33-23-18(16)9-15(25)10-19(23)26/h4-5,8-12H,3,6-7H2,1-2H3,(H,30,31)(H,27,28,29). The van der Waals surface area contributed by atoms with Crippen LogP contribution in [0.25, 0.3) is 22.2 Å². The van der Waals surface area contributed by atoms with E-state index in [4.69, 9.17) is 32.4 Å². The van der Waals surface area contributed by atoms with Crippen molar-refractivity contribution in [2.24, 2.45) is 0 Å². The number of furan rings is 1. The Hall–Kier alpha value is -3.29. The van der Waals surface area contributed by atoms with E-state index in [-0.39, 0.29) is 5.56 Å². The summed E-state index contributed by atoms with van der Waals surface area (Å²) in [5.74, 6) is 0.693. The fourth-order valence-electron chi connectivity index (χ4n) is 3.66. The first-order chi connectivity index (χ1) is 15.9. The van der Waals surface area contributed by atoms with Gasteiger partial charge in [0.15, 0.2) is 5.58 Å².